The van der Waals surface area contributed by atoms with Gasteiger partial charge in [0.2, 0.25) is 0 Å². The molecule has 21 heavy (non-hydrogen) atoms. The molecule has 2 heterocycles. The molecular formula is C12H16N6O3. The predicted octanol–water partition coefficient (Wildman–Crippen LogP) is -0.168. The van der Waals surface area contributed by atoms with Crippen LogP contribution in [0.2, 0.25) is 0 Å². The number of carbonyl (C=O) groups excluding carboxylic acids is 2. The van der Waals surface area contributed by atoms with Crippen LogP contribution in [0.5, 0.6) is 0 Å². The van der Waals surface area contributed by atoms with Crippen LogP contribution in [0.1, 0.15) is 21.0 Å². The van der Waals surface area contributed by atoms with E-state index >= 15 is 0 Å². The van der Waals surface area contributed by atoms with Crippen molar-refractivity contribution in [2.24, 2.45) is 7.05 Å². The maximum Gasteiger partial charge on any atom is 0.276 e. The lowest BCUT2D eigenvalue weighted by molar-refractivity contribution is 0.0958. The highest BCUT2D eigenvalue weighted by Crippen LogP contribution is 2.14. The predicted molar refractivity (Wildman–Crippen MR) is 73.8 cm³/mol. The van der Waals surface area contributed by atoms with Crippen molar-refractivity contribution in [1.29, 1.82) is 0 Å². The first-order valence-electron chi connectivity index (χ1n) is 6.14. The number of aromatic nitrogens is 4. The molecule has 0 atom stereocenters. The third-order valence-corrected chi connectivity index (χ3v) is 2.65. The second kappa shape index (κ2) is 6.18. The van der Waals surface area contributed by atoms with Crippen molar-refractivity contribution in [2.75, 3.05) is 19.5 Å². The number of ether oxygens (including phenoxy) is 1. The Morgan fingerprint density at radius 2 is 2.10 bits per heavy atom. The average molecular weight is 292 g/mol. The van der Waals surface area contributed by atoms with Crippen molar-refractivity contribution in [3.63, 3.8) is 0 Å². The van der Waals surface area contributed by atoms with Crippen LogP contribution in [0, 0.1) is 0 Å². The van der Waals surface area contributed by atoms with E-state index in [4.69, 9.17) is 4.74 Å². The molecular weight excluding hydrogens is 276 g/mol. The number of carbonyl (C=O) groups is 2. The number of nitrogens with zero attached hydrogens (tertiary/aromatic N) is 4. The Hall–Kier alpha value is -2.68. The second-order valence-electron chi connectivity index (χ2n) is 4.26. The van der Waals surface area contributed by atoms with Crippen LogP contribution in [0.25, 0.3) is 0 Å². The number of anilines is 1. The molecule has 0 radical (unpaired) electrons. The monoisotopic (exact) mass is 292 g/mol. The molecule has 2 amide bonds. The van der Waals surface area contributed by atoms with Gasteiger partial charge in [-0.2, -0.15) is 10.2 Å². The van der Waals surface area contributed by atoms with E-state index < -0.39 is 5.91 Å². The van der Waals surface area contributed by atoms with E-state index in [-0.39, 0.29) is 24.0 Å². The third kappa shape index (κ3) is 3.26. The fourth-order valence-electron chi connectivity index (χ4n) is 1.74. The molecule has 112 valence electrons. The summed E-state index contributed by atoms with van der Waals surface area (Å²) in [5.41, 5.74) is 0.687. The molecule has 0 aliphatic heterocycles. The molecule has 2 aromatic rings. The minimum atomic E-state index is -0.428. The number of hydrogen-bond acceptors (Lipinski definition) is 5. The van der Waals surface area contributed by atoms with Gasteiger partial charge in [-0.05, 0) is 6.07 Å². The molecule has 9 nitrogen and oxygen atoms in total. The topological polar surface area (TPSA) is 103 Å². The van der Waals surface area contributed by atoms with Gasteiger partial charge in [0.1, 0.15) is 6.73 Å². The first-order chi connectivity index (χ1) is 10.0. The average Bonchev–Trinajstić information content (AvgIpc) is 3.05. The molecule has 2 aromatic heterocycles. The SMILES string of the molecule is CNC(=O)c1nn(C)cc1NC(=O)c1ccn(COC)n1. The number of nitrogens with one attached hydrogen (secondary N) is 2. The van der Waals surface area contributed by atoms with E-state index in [1.54, 1.807) is 25.5 Å². The molecule has 0 saturated heterocycles. The van der Waals surface area contributed by atoms with E-state index in [0.717, 1.165) is 0 Å². The van der Waals surface area contributed by atoms with Gasteiger partial charge in [-0.1, -0.05) is 0 Å². The molecule has 2 rings (SSSR count). The normalized spacial score (nSPS) is 10.4. The van der Waals surface area contributed by atoms with Crippen molar-refractivity contribution in [3.8, 4) is 0 Å². The Morgan fingerprint density at radius 3 is 2.76 bits per heavy atom. The molecule has 0 unspecified atom stereocenters. The van der Waals surface area contributed by atoms with Crippen LogP contribution >= 0.6 is 0 Å². The van der Waals surface area contributed by atoms with Crippen molar-refractivity contribution in [2.45, 2.75) is 6.73 Å². The smallest absolute Gasteiger partial charge is 0.276 e. The molecule has 0 bridgehead atoms. The number of aryl methyl sites for hydroxylation is 1. The Morgan fingerprint density at radius 1 is 1.33 bits per heavy atom. The van der Waals surface area contributed by atoms with Gasteiger partial charge in [-0.25, -0.2) is 4.68 Å². The molecule has 0 aliphatic rings. The summed E-state index contributed by atoms with van der Waals surface area (Å²) in [6.07, 6.45) is 3.18. The fraction of sp³-hybridized carbons (Fsp3) is 0.333. The van der Waals surface area contributed by atoms with E-state index in [0.29, 0.717) is 5.69 Å². The highest BCUT2D eigenvalue weighted by atomic mass is 16.5. The van der Waals surface area contributed by atoms with Gasteiger partial charge in [0, 0.05) is 33.6 Å². The van der Waals surface area contributed by atoms with Gasteiger partial charge >= 0.3 is 0 Å². The summed E-state index contributed by atoms with van der Waals surface area (Å²) in [6.45, 7) is 0.254. The zero-order valence-electron chi connectivity index (χ0n) is 12.0. The zero-order chi connectivity index (χ0) is 15.4. The summed E-state index contributed by atoms with van der Waals surface area (Å²) in [5.74, 6) is -0.807. The van der Waals surface area contributed by atoms with Crippen LogP contribution in [0.4, 0.5) is 5.69 Å². The van der Waals surface area contributed by atoms with Gasteiger partial charge in [-0.15, -0.1) is 0 Å². The number of rotatable bonds is 5. The summed E-state index contributed by atoms with van der Waals surface area (Å²) in [5, 5.41) is 13.1. The van der Waals surface area contributed by atoms with Gasteiger partial charge in [0.25, 0.3) is 11.8 Å². The van der Waals surface area contributed by atoms with Gasteiger partial charge in [0.05, 0.1) is 5.69 Å². The third-order valence-electron chi connectivity index (χ3n) is 2.65. The Balaban J connectivity index is 2.17. The fourth-order valence-corrected chi connectivity index (χ4v) is 1.74. The summed E-state index contributed by atoms with van der Waals surface area (Å²) in [7, 11) is 4.69. The summed E-state index contributed by atoms with van der Waals surface area (Å²) < 4.78 is 7.84. The highest BCUT2D eigenvalue weighted by Gasteiger charge is 2.18. The van der Waals surface area contributed by atoms with Gasteiger partial charge in [-0.3, -0.25) is 14.3 Å². The summed E-state index contributed by atoms with van der Waals surface area (Å²) in [4.78, 5) is 23.8. The lowest BCUT2D eigenvalue weighted by Crippen LogP contribution is -2.21. The van der Waals surface area contributed by atoms with Crippen LogP contribution in [-0.2, 0) is 18.5 Å². The lowest BCUT2D eigenvalue weighted by Gasteiger charge is -2.02. The largest absolute Gasteiger partial charge is 0.362 e. The second-order valence-corrected chi connectivity index (χ2v) is 4.26. The molecule has 9 heteroatoms. The quantitative estimate of drug-likeness (QED) is 0.796. The van der Waals surface area contributed by atoms with Crippen molar-refractivity contribution < 1.29 is 14.3 Å². The Labute approximate surface area is 120 Å². The maximum atomic E-state index is 12.1. The van der Waals surface area contributed by atoms with Gasteiger partial charge in [0.15, 0.2) is 11.4 Å². The molecule has 0 aliphatic carbocycles. The van der Waals surface area contributed by atoms with Crippen molar-refractivity contribution >= 4 is 17.5 Å². The molecule has 0 spiro atoms. The van der Waals surface area contributed by atoms with E-state index in [9.17, 15) is 9.59 Å². The summed E-state index contributed by atoms with van der Waals surface area (Å²) in [6, 6.07) is 1.56. The molecule has 0 saturated carbocycles. The minimum Gasteiger partial charge on any atom is -0.362 e. The maximum absolute atomic E-state index is 12.1. The van der Waals surface area contributed by atoms with Crippen molar-refractivity contribution in [3.05, 3.63) is 29.8 Å². The first-order valence-corrected chi connectivity index (χ1v) is 6.14. The van der Waals surface area contributed by atoms with E-state index in [1.165, 1.54) is 23.5 Å². The lowest BCUT2D eigenvalue weighted by atomic mass is 10.3. The van der Waals surface area contributed by atoms with E-state index in [1.807, 2.05) is 0 Å². The number of methoxy groups -OCH3 is 1. The number of hydrogen-bond donors (Lipinski definition) is 2. The Bertz CT molecular complexity index is 660. The van der Waals surface area contributed by atoms with Crippen LogP contribution < -0.4 is 10.6 Å². The van der Waals surface area contributed by atoms with Crippen LogP contribution in [0.3, 0.4) is 0 Å². The van der Waals surface area contributed by atoms with E-state index in [2.05, 4.69) is 20.8 Å². The minimum absolute atomic E-state index is 0.143. The molecule has 0 fully saturated rings. The van der Waals surface area contributed by atoms with Crippen LogP contribution in [0.15, 0.2) is 18.5 Å². The first kappa shape index (κ1) is 14.7. The standard InChI is InChI=1S/C12H16N6O3/c1-13-12(20)10-9(6-17(2)16-10)14-11(19)8-4-5-18(15-8)7-21-3/h4-6H,7H2,1-3H3,(H,13,20)(H,14,19). The Kier molecular flexibility index (Phi) is 4.33. The number of amides is 2. The highest BCUT2D eigenvalue weighted by molar-refractivity contribution is 6.07. The molecule has 2 N–H and O–H groups in total. The summed E-state index contributed by atoms with van der Waals surface area (Å²) >= 11 is 0. The van der Waals surface area contributed by atoms with Crippen molar-refractivity contribution in [1.82, 2.24) is 24.9 Å². The zero-order valence-corrected chi connectivity index (χ0v) is 12.0. The van der Waals surface area contributed by atoms with Gasteiger partial charge < -0.3 is 15.4 Å². The molecule has 0 aromatic carbocycles. The van der Waals surface area contributed by atoms with Crippen LogP contribution in [-0.4, -0.2) is 45.5 Å².